The fourth-order valence-corrected chi connectivity index (χ4v) is 3.39. The van der Waals surface area contributed by atoms with Gasteiger partial charge < -0.3 is 4.74 Å². The van der Waals surface area contributed by atoms with E-state index >= 15 is 0 Å². The Balaban J connectivity index is 2.21. The Morgan fingerprint density at radius 3 is 2.59 bits per heavy atom. The quantitative estimate of drug-likeness (QED) is 0.694. The molecule has 0 saturated carbocycles. The minimum atomic E-state index is -0.680. The SMILES string of the molecule is CCOC(=O)CN1C(=O)[C@H](C(C)CC)N=C(c2ccccc2)c2cc(F)ccc21. The van der Waals surface area contributed by atoms with Crippen LogP contribution in [0.2, 0.25) is 0 Å². The molecule has 0 spiro atoms. The summed E-state index contributed by atoms with van der Waals surface area (Å²) in [7, 11) is 0. The maximum atomic E-state index is 14.2. The van der Waals surface area contributed by atoms with Crippen molar-refractivity contribution in [3.63, 3.8) is 0 Å². The standard InChI is InChI=1S/C23H25FN2O3/c1-4-15(3)21-23(28)26(14-20(27)29-5-2)19-12-11-17(24)13-18(19)22(25-21)16-9-7-6-8-10-16/h6-13,15,21H,4-5,14H2,1-3H3/t15?,21-/m0/s1. The van der Waals surface area contributed by atoms with Gasteiger partial charge >= 0.3 is 5.97 Å². The average molecular weight is 396 g/mol. The van der Waals surface area contributed by atoms with Crippen LogP contribution in [0, 0.1) is 11.7 Å². The van der Waals surface area contributed by atoms with Crippen LogP contribution >= 0.6 is 0 Å². The highest BCUT2D eigenvalue weighted by Crippen LogP contribution is 2.31. The number of carbonyl (C=O) groups is 2. The van der Waals surface area contributed by atoms with Gasteiger partial charge in [0.05, 0.1) is 18.0 Å². The first-order valence-corrected chi connectivity index (χ1v) is 9.86. The molecular weight excluding hydrogens is 371 g/mol. The third-order valence-electron chi connectivity index (χ3n) is 5.11. The number of amides is 1. The monoisotopic (exact) mass is 396 g/mol. The second-order valence-corrected chi connectivity index (χ2v) is 7.06. The highest BCUT2D eigenvalue weighted by atomic mass is 19.1. The van der Waals surface area contributed by atoms with Gasteiger partial charge in [-0.15, -0.1) is 0 Å². The third-order valence-corrected chi connectivity index (χ3v) is 5.11. The summed E-state index contributed by atoms with van der Waals surface area (Å²) in [6.45, 7) is 5.63. The van der Waals surface area contributed by atoms with E-state index in [1.54, 1.807) is 6.92 Å². The van der Waals surface area contributed by atoms with Crippen LogP contribution in [0.25, 0.3) is 0 Å². The molecule has 1 heterocycles. The lowest BCUT2D eigenvalue weighted by Crippen LogP contribution is -2.43. The highest BCUT2D eigenvalue weighted by Gasteiger charge is 2.35. The normalized spacial score (nSPS) is 17.2. The van der Waals surface area contributed by atoms with E-state index in [-0.39, 0.29) is 25.0 Å². The van der Waals surface area contributed by atoms with Gasteiger partial charge in [0.25, 0.3) is 5.91 Å². The van der Waals surface area contributed by atoms with Gasteiger partial charge in [-0.3, -0.25) is 19.5 Å². The Kier molecular flexibility index (Phi) is 6.42. The zero-order chi connectivity index (χ0) is 21.0. The number of fused-ring (bicyclic) bond motifs is 1. The van der Waals surface area contributed by atoms with Crippen molar-refractivity contribution in [2.24, 2.45) is 10.9 Å². The fourth-order valence-electron chi connectivity index (χ4n) is 3.39. The number of carbonyl (C=O) groups excluding carboxylic acids is 2. The van der Waals surface area contributed by atoms with Crippen LogP contribution in [0.15, 0.2) is 53.5 Å². The molecule has 0 aromatic heterocycles. The first-order chi connectivity index (χ1) is 14.0. The lowest BCUT2D eigenvalue weighted by atomic mass is 9.98. The first kappa shape index (κ1) is 20.7. The zero-order valence-electron chi connectivity index (χ0n) is 16.9. The van der Waals surface area contributed by atoms with Gasteiger partial charge in [-0.25, -0.2) is 4.39 Å². The van der Waals surface area contributed by atoms with Crippen molar-refractivity contribution >= 4 is 23.3 Å². The predicted octanol–water partition coefficient (Wildman–Crippen LogP) is 3.99. The lowest BCUT2D eigenvalue weighted by Gasteiger charge is -2.26. The Bertz CT molecular complexity index is 927. The van der Waals surface area contributed by atoms with E-state index < -0.39 is 17.8 Å². The number of nitrogens with zero attached hydrogens (tertiary/aromatic N) is 2. The molecule has 1 aliphatic heterocycles. The number of rotatable bonds is 6. The molecule has 0 N–H and O–H groups in total. The molecule has 29 heavy (non-hydrogen) atoms. The van der Waals surface area contributed by atoms with Gasteiger partial charge in [0.1, 0.15) is 18.4 Å². The molecular formula is C23H25FN2O3. The van der Waals surface area contributed by atoms with Gasteiger partial charge in [0.2, 0.25) is 0 Å². The Morgan fingerprint density at radius 1 is 1.21 bits per heavy atom. The number of benzodiazepines with no additional fused rings is 1. The Hall–Kier alpha value is -3.02. The molecule has 0 aliphatic carbocycles. The number of hydrogen-bond donors (Lipinski definition) is 0. The topological polar surface area (TPSA) is 59.0 Å². The van der Waals surface area contributed by atoms with E-state index in [0.29, 0.717) is 17.0 Å². The van der Waals surface area contributed by atoms with Gasteiger partial charge in [0.15, 0.2) is 0 Å². The number of benzene rings is 2. The predicted molar refractivity (Wildman–Crippen MR) is 111 cm³/mol. The summed E-state index contributed by atoms with van der Waals surface area (Å²) in [6.07, 6.45) is 0.736. The van der Waals surface area contributed by atoms with Crippen molar-refractivity contribution < 1.29 is 18.7 Å². The lowest BCUT2D eigenvalue weighted by molar-refractivity contribution is -0.142. The summed E-state index contributed by atoms with van der Waals surface area (Å²) in [6, 6.07) is 12.9. The number of aliphatic imine (C=N–C) groups is 1. The van der Waals surface area contributed by atoms with Crippen LogP contribution < -0.4 is 4.90 Å². The summed E-state index contributed by atoms with van der Waals surface area (Å²) in [5.41, 5.74) is 2.28. The molecule has 2 atom stereocenters. The number of anilines is 1. The van der Waals surface area contributed by atoms with Crippen LogP contribution in [0.3, 0.4) is 0 Å². The first-order valence-electron chi connectivity index (χ1n) is 9.86. The maximum Gasteiger partial charge on any atom is 0.326 e. The number of halogens is 1. The summed E-state index contributed by atoms with van der Waals surface area (Å²) < 4.78 is 19.3. The summed E-state index contributed by atoms with van der Waals surface area (Å²) in [5, 5.41) is 0. The minimum absolute atomic E-state index is 0.0509. The zero-order valence-corrected chi connectivity index (χ0v) is 16.9. The molecule has 5 nitrogen and oxygen atoms in total. The summed E-state index contributed by atoms with van der Waals surface area (Å²) in [5.74, 6) is -1.28. The van der Waals surface area contributed by atoms with E-state index in [0.717, 1.165) is 12.0 Å². The molecule has 0 radical (unpaired) electrons. The molecule has 1 aliphatic rings. The number of ether oxygens (including phenoxy) is 1. The average Bonchev–Trinajstić information content (AvgIpc) is 2.83. The molecule has 1 amide bonds. The van der Waals surface area contributed by atoms with E-state index in [1.807, 2.05) is 44.2 Å². The smallest absolute Gasteiger partial charge is 0.326 e. The molecule has 3 rings (SSSR count). The summed E-state index contributed by atoms with van der Waals surface area (Å²) in [4.78, 5) is 31.8. The molecule has 1 unspecified atom stereocenters. The van der Waals surface area contributed by atoms with Gasteiger partial charge in [-0.2, -0.15) is 0 Å². The Morgan fingerprint density at radius 2 is 1.93 bits per heavy atom. The van der Waals surface area contributed by atoms with Gasteiger partial charge in [-0.1, -0.05) is 50.6 Å². The summed E-state index contributed by atoms with van der Waals surface area (Å²) >= 11 is 0. The van der Waals surface area contributed by atoms with E-state index in [4.69, 9.17) is 9.73 Å². The largest absolute Gasteiger partial charge is 0.465 e. The molecule has 0 bridgehead atoms. The number of hydrogen-bond acceptors (Lipinski definition) is 4. The van der Waals surface area contributed by atoms with Crippen molar-refractivity contribution in [1.29, 1.82) is 0 Å². The van der Waals surface area contributed by atoms with Gasteiger partial charge in [-0.05, 0) is 31.0 Å². The molecule has 0 fully saturated rings. The van der Waals surface area contributed by atoms with Gasteiger partial charge in [0, 0.05) is 11.1 Å². The van der Waals surface area contributed by atoms with Crippen LogP contribution in [0.5, 0.6) is 0 Å². The van der Waals surface area contributed by atoms with E-state index in [2.05, 4.69) is 0 Å². The van der Waals surface area contributed by atoms with E-state index in [1.165, 1.54) is 23.1 Å². The maximum absolute atomic E-state index is 14.2. The van der Waals surface area contributed by atoms with Crippen molar-refractivity contribution in [3.8, 4) is 0 Å². The number of esters is 1. The molecule has 2 aromatic carbocycles. The van der Waals surface area contributed by atoms with Crippen molar-refractivity contribution in [3.05, 3.63) is 65.5 Å². The molecule has 0 saturated heterocycles. The van der Waals surface area contributed by atoms with Crippen molar-refractivity contribution in [1.82, 2.24) is 0 Å². The molecule has 2 aromatic rings. The van der Waals surface area contributed by atoms with Crippen molar-refractivity contribution in [2.75, 3.05) is 18.1 Å². The minimum Gasteiger partial charge on any atom is -0.465 e. The third kappa shape index (κ3) is 4.36. The van der Waals surface area contributed by atoms with Crippen LogP contribution in [-0.4, -0.2) is 36.8 Å². The Labute approximate surface area is 170 Å². The van der Waals surface area contributed by atoms with Crippen LogP contribution in [0.1, 0.15) is 38.3 Å². The fraction of sp³-hybridized carbons (Fsp3) is 0.348. The second-order valence-electron chi connectivity index (χ2n) is 7.06. The van der Waals surface area contributed by atoms with Crippen LogP contribution in [0.4, 0.5) is 10.1 Å². The molecule has 6 heteroatoms. The second kappa shape index (κ2) is 8.99. The van der Waals surface area contributed by atoms with E-state index in [9.17, 15) is 14.0 Å². The van der Waals surface area contributed by atoms with Crippen molar-refractivity contribution in [2.45, 2.75) is 33.2 Å². The molecule has 152 valence electrons. The highest BCUT2D eigenvalue weighted by molar-refractivity contribution is 6.20. The van der Waals surface area contributed by atoms with Crippen LogP contribution in [-0.2, 0) is 14.3 Å².